The van der Waals surface area contributed by atoms with Crippen LogP contribution in [0.5, 0.6) is 0 Å². The van der Waals surface area contributed by atoms with Gasteiger partial charge in [-0.05, 0) is 42.3 Å². The topological polar surface area (TPSA) is 12.0 Å². The lowest BCUT2D eigenvalue weighted by Crippen LogP contribution is -2.40. The number of rotatable bonds is 7. The number of aryl methyl sites for hydroxylation is 2. The second-order valence-corrected chi connectivity index (χ2v) is 6.58. The number of nitrogens with one attached hydrogen (secondary N) is 1. The number of benzene rings is 1. The Balaban J connectivity index is 2.61. The lowest BCUT2D eigenvalue weighted by atomic mass is 9.83. The Labute approximate surface area is 119 Å². The van der Waals surface area contributed by atoms with E-state index in [0.29, 0.717) is 11.5 Å². The molecular formula is C18H31N. The lowest BCUT2D eigenvalue weighted by molar-refractivity contribution is 0.258. The van der Waals surface area contributed by atoms with E-state index in [1.165, 1.54) is 36.8 Å². The van der Waals surface area contributed by atoms with Gasteiger partial charge in [-0.2, -0.15) is 0 Å². The van der Waals surface area contributed by atoms with Crippen molar-refractivity contribution in [3.63, 3.8) is 0 Å². The van der Waals surface area contributed by atoms with Gasteiger partial charge in [0.15, 0.2) is 0 Å². The molecule has 1 aromatic rings. The van der Waals surface area contributed by atoms with Crippen molar-refractivity contribution in [1.82, 2.24) is 5.32 Å². The highest BCUT2D eigenvalue weighted by Gasteiger charge is 2.23. The van der Waals surface area contributed by atoms with Gasteiger partial charge in [-0.25, -0.2) is 0 Å². The van der Waals surface area contributed by atoms with Crippen LogP contribution in [0.3, 0.4) is 0 Å². The zero-order valence-electron chi connectivity index (χ0n) is 13.4. The van der Waals surface area contributed by atoms with E-state index < -0.39 is 0 Å². The van der Waals surface area contributed by atoms with E-state index in [1.54, 1.807) is 0 Å². The molecule has 1 heteroatoms. The summed E-state index contributed by atoms with van der Waals surface area (Å²) in [5.74, 6) is 0. The summed E-state index contributed by atoms with van der Waals surface area (Å²) in [5, 5.41) is 3.63. The predicted molar refractivity (Wildman–Crippen MR) is 85.7 cm³/mol. The van der Waals surface area contributed by atoms with Crippen LogP contribution in [-0.4, -0.2) is 12.6 Å². The highest BCUT2D eigenvalue weighted by molar-refractivity contribution is 5.23. The minimum atomic E-state index is 0.330. The first-order chi connectivity index (χ1) is 8.97. The fourth-order valence-corrected chi connectivity index (χ4v) is 2.63. The van der Waals surface area contributed by atoms with Gasteiger partial charge in [0.25, 0.3) is 0 Å². The van der Waals surface area contributed by atoms with Crippen LogP contribution >= 0.6 is 0 Å². The molecule has 108 valence electrons. The second kappa shape index (κ2) is 7.69. The Morgan fingerprint density at radius 1 is 1.05 bits per heavy atom. The van der Waals surface area contributed by atoms with Gasteiger partial charge in [-0.3, -0.25) is 0 Å². The van der Waals surface area contributed by atoms with Crippen LogP contribution in [0.15, 0.2) is 24.3 Å². The van der Waals surface area contributed by atoms with E-state index in [-0.39, 0.29) is 0 Å². The summed E-state index contributed by atoms with van der Waals surface area (Å²) in [4.78, 5) is 0. The normalized spacial score (nSPS) is 13.5. The standard InChI is InChI=1S/C18H31N/c1-6-9-15-10-8-11-16(14-15)12-13-17(19-7-2)18(3,4)5/h8,10-11,14,17,19H,6-7,9,12-13H2,1-5H3. The molecular weight excluding hydrogens is 230 g/mol. The van der Waals surface area contributed by atoms with E-state index in [1.807, 2.05) is 0 Å². The SMILES string of the molecule is CCCc1cccc(CCC(NCC)C(C)(C)C)c1. The molecule has 0 spiro atoms. The van der Waals surface area contributed by atoms with Gasteiger partial charge in [0.2, 0.25) is 0 Å². The summed E-state index contributed by atoms with van der Waals surface area (Å²) >= 11 is 0. The minimum absolute atomic E-state index is 0.330. The Morgan fingerprint density at radius 2 is 1.68 bits per heavy atom. The Bertz CT molecular complexity index is 362. The summed E-state index contributed by atoms with van der Waals surface area (Å²) in [6.07, 6.45) is 4.81. The maximum absolute atomic E-state index is 3.63. The van der Waals surface area contributed by atoms with Crippen molar-refractivity contribution in [3.05, 3.63) is 35.4 Å². The molecule has 1 nitrogen and oxygen atoms in total. The molecule has 0 aromatic heterocycles. The monoisotopic (exact) mass is 261 g/mol. The van der Waals surface area contributed by atoms with E-state index in [0.717, 1.165) is 6.54 Å². The molecule has 1 aromatic carbocycles. The summed E-state index contributed by atoms with van der Waals surface area (Å²) in [6.45, 7) is 12.5. The van der Waals surface area contributed by atoms with Gasteiger partial charge in [0.05, 0.1) is 0 Å². The molecule has 19 heavy (non-hydrogen) atoms. The number of hydrogen-bond acceptors (Lipinski definition) is 1. The third-order valence-electron chi connectivity index (χ3n) is 3.75. The lowest BCUT2D eigenvalue weighted by Gasteiger charge is -2.31. The highest BCUT2D eigenvalue weighted by atomic mass is 14.9. The Morgan fingerprint density at radius 3 is 2.21 bits per heavy atom. The van der Waals surface area contributed by atoms with E-state index in [4.69, 9.17) is 0 Å². The fraction of sp³-hybridized carbons (Fsp3) is 0.667. The summed E-state index contributed by atoms with van der Waals surface area (Å²) < 4.78 is 0. The zero-order valence-corrected chi connectivity index (χ0v) is 13.4. The first-order valence-corrected chi connectivity index (χ1v) is 7.78. The molecule has 0 fully saturated rings. The number of hydrogen-bond donors (Lipinski definition) is 1. The molecule has 0 aliphatic heterocycles. The smallest absolute Gasteiger partial charge is 0.0119 e. The van der Waals surface area contributed by atoms with E-state index in [9.17, 15) is 0 Å². The molecule has 0 amide bonds. The quantitative estimate of drug-likeness (QED) is 0.756. The molecule has 0 radical (unpaired) electrons. The van der Waals surface area contributed by atoms with Crippen LogP contribution in [-0.2, 0) is 12.8 Å². The van der Waals surface area contributed by atoms with Crippen molar-refractivity contribution in [2.24, 2.45) is 5.41 Å². The largest absolute Gasteiger partial charge is 0.314 e. The maximum atomic E-state index is 3.63. The zero-order chi connectivity index (χ0) is 14.3. The average molecular weight is 261 g/mol. The first kappa shape index (κ1) is 16.2. The third kappa shape index (κ3) is 5.78. The molecule has 1 atom stereocenters. The minimum Gasteiger partial charge on any atom is -0.314 e. The fourth-order valence-electron chi connectivity index (χ4n) is 2.63. The van der Waals surface area contributed by atoms with Crippen LogP contribution in [0, 0.1) is 5.41 Å². The van der Waals surface area contributed by atoms with Crippen LogP contribution in [0.1, 0.15) is 58.6 Å². The van der Waals surface area contributed by atoms with E-state index in [2.05, 4.69) is 64.2 Å². The van der Waals surface area contributed by atoms with Gasteiger partial charge >= 0.3 is 0 Å². The Hall–Kier alpha value is -0.820. The molecule has 1 unspecified atom stereocenters. The summed E-state index contributed by atoms with van der Waals surface area (Å²) in [6, 6.07) is 9.70. The van der Waals surface area contributed by atoms with Crippen molar-refractivity contribution in [2.75, 3.05) is 6.54 Å². The van der Waals surface area contributed by atoms with Crippen LogP contribution in [0.4, 0.5) is 0 Å². The van der Waals surface area contributed by atoms with Crippen LogP contribution in [0.25, 0.3) is 0 Å². The van der Waals surface area contributed by atoms with Gasteiger partial charge in [-0.15, -0.1) is 0 Å². The van der Waals surface area contributed by atoms with Crippen molar-refractivity contribution in [2.45, 2.75) is 66.3 Å². The van der Waals surface area contributed by atoms with E-state index >= 15 is 0 Å². The third-order valence-corrected chi connectivity index (χ3v) is 3.75. The molecule has 0 saturated carbocycles. The first-order valence-electron chi connectivity index (χ1n) is 7.78. The van der Waals surface area contributed by atoms with Gasteiger partial charge < -0.3 is 5.32 Å². The molecule has 0 saturated heterocycles. The molecule has 0 aliphatic rings. The van der Waals surface area contributed by atoms with Crippen molar-refractivity contribution >= 4 is 0 Å². The summed E-state index contributed by atoms with van der Waals surface area (Å²) in [7, 11) is 0. The van der Waals surface area contributed by atoms with Gasteiger partial charge in [-0.1, -0.05) is 65.3 Å². The van der Waals surface area contributed by atoms with Gasteiger partial charge in [0.1, 0.15) is 0 Å². The molecule has 0 heterocycles. The second-order valence-electron chi connectivity index (χ2n) is 6.58. The molecule has 0 aliphatic carbocycles. The molecule has 1 rings (SSSR count). The maximum Gasteiger partial charge on any atom is 0.0119 e. The molecule has 0 bridgehead atoms. The van der Waals surface area contributed by atoms with Crippen molar-refractivity contribution in [3.8, 4) is 0 Å². The van der Waals surface area contributed by atoms with Crippen molar-refractivity contribution < 1.29 is 0 Å². The van der Waals surface area contributed by atoms with Gasteiger partial charge in [0, 0.05) is 6.04 Å². The highest BCUT2D eigenvalue weighted by Crippen LogP contribution is 2.23. The van der Waals surface area contributed by atoms with Crippen LogP contribution < -0.4 is 5.32 Å². The molecule has 1 N–H and O–H groups in total. The summed E-state index contributed by atoms with van der Waals surface area (Å²) in [5.41, 5.74) is 3.30. The Kier molecular flexibility index (Phi) is 6.57. The predicted octanol–water partition coefficient (Wildman–Crippen LogP) is 4.60. The van der Waals surface area contributed by atoms with Crippen LogP contribution in [0.2, 0.25) is 0 Å². The average Bonchev–Trinajstić information content (AvgIpc) is 2.34. The van der Waals surface area contributed by atoms with Crippen molar-refractivity contribution in [1.29, 1.82) is 0 Å².